The Morgan fingerprint density at radius 2 is 1.58 bits per heavy atom. The van der Waals surface area contributed by atoms with Crippen LogP contribution in [0.15, 0.2) is 24.3 Å². The molecular formula is C16H27NO2. The minimum absolute atomic E-state index is 0.184. The van der Waals surface area contributed by atoms with E-state index in [1.54, 1.807) is 0 Å². The van der Waals surface area contributed by atoms with E-state index in [0.717, 1.165) is 13.0 Å². The Hall–Kier alpha value is -0.900. The third-order valence-electron chi connectivity index (χ3n) is 3.03. The van der Waals surface area contributed by atoms with E-state index in [0.29, 0.717) is 13.2 Å². The molecule has 0 radical (unpaired) electrons. The lowest BCUT2D eigenvalue weighted by Crippen LogP contribution is -2.44. The van der Waals surface area contributed by atoms with Crippen molar-refractivity contribution < 1.29 is 9.47 Å². The standard InChI is InChI=1S/C16H27NO2/c1-5-17-15(16(18-6-2)19-7-3)12-14-10-8-13(4)9-11-14/h8-11,15-17H,5-7,12H2,1-4H3. The lowest BCUT2D eigenvalue weighted by Gasteiger charge is -2.27. The molecule has 1 N–H and O–H groups in total. The van der Waals surface area contributed by atoms with E-state index in [4.69, 9.17) is 9.47 Å². The van der Waals surface area contributed by atoms with E-state index >= 15 is 0 Å². The van der Waals surface area contributed by atoms with Gasteiger partial charge in [-0.15, -0.1) is 0 Å². The van der Waals surface area contributed by atoms with Crippen molar-refractivity contribution in [2.24, 2.45) is 0 Å². The summed E-state index contributed by atoms with van der Waals surface area (Å²) in [5.41, 5.74) is 2.59. The first kappa shape index (κ1) is 16.2. The molecule has 108 valence electrons. The van der Waals surface area contributed by atoms with Gasteiger partial charge < -0.3 is 14.8 Å². The van der Waals surface area contributed by atoms with Crippen molar-refractivity contribution in [3.63, 3.8) is 0 Å². The summed E-state index contributed by atoms with van der Waals surface area (Å²) in [6.07, 6.45) is 0.731. The number of aryl methyl sites for hydroxylation is 1. The van der Waals surface area contributed by atoms with Crippen LogP contribution in [0.4, 0.5) is 0 Å². The number of hydrogen-bond donors (Lipinski definition) is 1. The number of benzene rings is 1. The number of nitrogens with one attached hydrogen (secondary N) is 1. The summed E-state index contributed by atoms with van der Waals surface area (Å²) in [7, 11) is 0. The predicted molar refractivity (Wildman–Crippen MR) is 79.4 cm³/mol. The number of likely N-dealkylation sites (N-methyl/N-ethyl adjacent to an activating group) is 1. The van der Waals surface area contributed by atoms with Crippen molar-refractivity contribution in [1.82, 2.24) is 5.32 Å². The molecule has 0 saturated carbocycles. The van der Waals surface area contributed by atoms with Gasteiger partial charge in [-0.3, -0.25) is 0 Å². The van der Waals surface area contributed by atoms with Gasteiger partial charge in [-0.2, -0.15) is 0 Å². The molecule has 0 aromatic heterocycles. The van der Waals surface area contributed by atoms with Crippen LogP contribution in [-0.4, -0.2) is 32.1 Å². The zero-order valence-corrected chi connectivity index (χ0v) is 12.6. The smallest absolute Gasteiger partial charge is 0.172 e. The molecule has 0 aliphatic heterocycles. The fraction of sp³-hybridized carbons (Fsp3) is 0.625. The largest absolute Gasteiger partial charge is 0.351 e. The molecule has 0 spiro atoms. The number of ether oxygens (including phenoxy) is 2. The van der Waals surface area contributed by atoms with Crippen LogP contribution >= 0.6 is 0 Å². The second kappa shape index (κ2) is 9.08. The van der Waals surface area contributed by atoms with E-state index in [9.17, 15) is 0 Å². The Kier molecular flexibility index (Phi) is 7.72. The van der Waals surface area contributed by atoms with Gasteiger partial charge in [0.25, 0.3) is 0 Å². The summed E-state index contributed by atoms with van der Waals surface area (Å²) in [6.45, 7) is 10.5. The van der Waals surface area contributed by atoms with Crippen LogP contribution in [0.5, 0.6) is 0 Å². The lowest BCUT2D eigenvalue weighted by molar-refractivity contribution is -0.153. The highest BCUT2D eigenvalue weighted by molar-refractivity contribution is 5.22. The normalized spacial score (nSPS) is 12.9. The molecule has 3 nitrogen and oxygen atoms in total. The van der Waals surface area contributed by atoms with Crippen molar-refractivity contribution in [2.75, 3.05) is 19.8 Å². The SMILES string of the molecule is CCNC(Cc1ccc(C)cc1)C(OCC)OCC. The molecule has 1 unspecified atom stereocenters. The van der Waals surface area contributed by atoms with E-state index < -0.39 is 0 Å². The minimum atomic E-state index is -0.184. The number of hydrogen-bond acceptors (Lipinski definition) is 3. The molecule has 0 fully saturated rings. The molecule has 0 aliphatic rings. The van der Waals surface area contributed by atoms with Crippen LogP contribution in [0, 0.1) is 6.92 Å². The van der Waals surface area contributed by atoms with Gasteiger partial charge in [-0.05, 0) is 39.3 Å². The maximum atomic E-state index is 5.71. The van der Waals surface area contributed by atoms with Gasteiger partial charge in [0.15, 0.2) is 6.29 Å². The summed E-state index contributed by atoms with van der Waals surface area (Å²) in [5.74, 6) is 0. The fourth-order valence-corrected chi connectivity index (χ4v) is 2.11. The molecule has 0 saturated heterocycles. The Balaban J connectivity index is 2.71. The van der Waals surface area contributed by atoms with Crippen LogP contribution in [0.2, 0.25) is 0 Å². The van der Waals surface area contributed by atoms with Crippen molar-refractivity contribution in [2.45, 2.75) is 46.4 Å². The third kappa shape index (κ3) is 5.72. The predicted octanol–water partition coefficient (Wildman–Crippen LogP) is 2.91. The first-order valence-corrected chi connectivity index (χ1v) is 7.23. The summed E-state index contributed by atoms with van der Waals surface area (Å²) in [4.78, 5) is 0. The minimum Gasteiger partial charge on any atom is -0.351 e. The van der Waals surface area contributed by atoms with Crippen LogP contribution in [0.3, 0.4) is 0 Å². The van der Waals surface area contributed by atoms with E-state index in [1.165, 1.54) is 11.1 Å². The van der Waals surface area contributed by atoms with E-state index in [-0.39, 0.29) is 12.3 Å². The van der Waals surface area contributed by atoms with Gasteiger partial charge in [0, 0.05) is 13.2 Å². The zero-order chi connectivity index (χ0) is 14.1. The molecule has 0 amide bonds. The first-order chi connectivity index (χ1) is 9.21. The summed E-state index contributed by atoms with van der Waals surface area (Å²) in [5, 5.41) is 3.47. The van der Waals surface area contributed by atoms with Crippen molar-refractivity contribution >= 4 is 0 Å². The highest BCUT2D eigenvalue weighted by atomic mass is 16.7. The zero-order valence-electron chi connectivity index (χ0n) is 12.6. The van der Waals surface area contributed by atoms with Crippen LogP contribution in [0.25, 0.3) is 0 Å². The van der Waals surface area contributed by atoms with Gasteiger partial charge in [-0.1, -0.05) is 36.8 Å². The maximum Gasteiger partial charge on any atom is 0.172 e. The van der Waals surface area contributed by atoms with Gasteiger partial charge >= 0.3 is 0 Å². The average molecular weight is 265 g/mol. The Morgan fingerprint density at radius 3 is 2.05 bits per heavy atom. The second-order valence-corrected chi connectivity index (χ2v) is 4.63. The lowest BCUT2D eigenvalue weighted by atomic mass is 10.0. The third-order valence-corrected chi connectivity index (χ3v) is 3.03. The van der Waals surface area contributed by atoms with Gasteiger partial charge in [0.05, 0.1) is 6.04 Å². The molecular weight excluding hydrogens is 238 g/mol. The Labute approximate surface area is 117 Å². The van der Waals surface area contributed by atoms with Gasteiger partial charge in [0.1, 0.15) is 0 Å². The fourth-order valence-electron chi connectivity index (χ4n) is 2.11. The molecule has 0 bridgehead atoms. The molecule has 1 aromatic carbocycles. The molecule has 0 aliphatic carbocycles. The summed E-state index contributed by atoms with van der Waals surface area (Å²) >= 11 is 0. The van der Waals surface area contributed by atoms with Gasteiger partial charge in [0.2, 0.25) is 0 Å². The van der Waals surface area contributed by atoms with Crippen molar-refractivity contribution in [1.29, 1.82) is 0 Å². The molecule has 1 rings (SSSR count). The molecule has 1 atom stereocenters. The van der Waals surface area contributed by atoms with Crippen LogP contribution in [-0.2, 0) is 15.9 Å². The highest BCUT2D eigenvalue weighted by Gasteiger charge is 2.21. The molecule has 3 heteroatoms. The first-order valence-electron chi connectivity index (χ1n) is 7.23. The van der Waals surface area contributed by atoms with Gasteiger partial charge in [-0.25, -0.2) is 0 Å². The van der Waals surface area contributed by atoms with Crippen LogP contribution < -0.4 is 5.32 Å². The molecule has 0 heterocycles. The van der Waals surface area contributed by atoms with Crippen LogP contribution in [0.1, 0.15) is 31.9 Å². The summed E-state index contributed by atoms with van der Waals surface area (Å²) < 4.78 is 11.4. The maximum absolute atomic E-state index is 5.71. The topological polar surface area (TPSA) is 30.5 Å². The summed E-state index contributed by atoms with van der Waals surface area (Å²) in [6, 6.07) is 8.83. The monoisotopic (exact) mass is 265 g/mol. The quantitative estimate of drug-likeness (QED) is 0.696. The second-order valence-electron chi connectivity index (χ2n) is 4.63. The molecule has 1 aromatic rings. The highest BCUT2D eigenvalue weighted by Crippen LogP contribution is 2.11. The van der Waals surface area contributed by atoms with E-state index in [2.05, 4.69) is 43.4 Å². The average Bonchev–Trinajstić information content (AvgIpc) is 2.40. The Morgan fingerprint density at radius 1 is 1.00 bits per heavy atom. The van der Waals surface area contributed by atoms with Crippen molar-refractivity contribution in [3.8, 4) is 0 Å². The van der Waals surface area contributed by atoms with E-state index in [1.807, 2.05) is 13.8 Å². The molecule has 19 heavy (non-hydrogen) atoms. The Bertz CT molecular complexity index is 331. The van der Waals surface area contributed by atoms with Crippen molar-refractivity contribution in [3.05, 3.63) is 35.4 Å². The number of rotatable bonds is 9.